The molecule has 0 bridgehead atoms. The quantitative estimate of drug-likeness (QED) is 0.554. The Morgan fingerprint density at radius 1 is 1.08 bits per heavy atom. The van der Waals surface area contributed by atoms with Gasteiger partial charge in [0, 0.05) is 11.1 Å². The van der Waals surface area contributed by atoms with E-state index in [-0.39, 0.29) is 23.4 Å². The summed E-state index contributed by atoms with van der Waals surface area (Å²) in [5.41, 5.74) is 0.475. The normalized spacial score (nSPS) is 11.2. The second kappa shape index (κ2) is 6.30. The lowest BCUT2D eigenvalue weighted by Gasteiger charge is -2.06. The van der Waals surface area contributed by atoms with Crippen molar-refractivity contribution in [3.8, 4) is 5.69 Å². The van der Waals surface area contributed by atoms with Crippen LogP contribution >= 0.6 is 11.6 Å². The zero-order valence-corrected chi connectivity index (χ0v) is 13.9. The number of hydrogen-bond donors (Lipinski definition) is 0. The molecule has 130 valence electrons. The summed E-state index contributed by atoms with van der Waals surface area (Å²) in [5.74, 6) is -1.54. The fraction of sp³-hybridized carbons (Fsp3) is 0.0588. The van der Waals surface area contributed by atoms with Gasteiger partial charge in [0.1, 0.15) is 17.8 Å². The predicted molar refractivity (Wildman–Crippen MR) is 91.4 cm³/mol. The lowest BCUT2D eigenvalue weighted by atomic mass is 10.2. The Bertz CT molecular complexity index is 1170. The van der Waals surface area contributed by atoms with Crippen molar-refractivity contribution >= 4 is 22.8 Å². The average Bonchev–Trinajstić information content (AvgIpc) is 3.04. The van der Waals surface area contributed by atoms with Gasteiger partial charge in [-0.15, -0.1) is 5.10 Å². The van der Waals surface area contributed by atoms with E-state index in [2.05, 4.69) is 15.3 Å². The fourth-order valence-corrected chi connectivity index (χ4v) is 2.68. The highest BCUT2D eigenvalue weighted by atomic mass is 35.5. The Kier molecular flexibility index (Phi) is 3.96. The van der Waals surface area contributed by atoms with E-state index >= 15 is 0 Å². The van der Waals surface area contributed by atoms with Crippen LogP contribution in [0.2, 0.25) is 5.02 Å². The van der Waals surface area contributed by atoms with Crippen LogP contribution in [0.3, 0.4) is 0 Å². The van der Waals surface area contributed by atoms with Crippen LogP contribution in [0.5, 0.6) is 0 Å². The van der Waals surface area contributed by atoms with Crippen LogP contribution in [-0.2, 0) is 6.54 Å². The van der Waals surface area contributed by atoms with Gasteiger partial charge in [-0.25, -0.2) is 13.8 Å². The van der Waals surface area contributed by atoms with Crippen molar-refractivity contribution in [1.82, 2.24) is 24.5 Å². The number of aromatic nitrogens is 5. The number of hydrogen-bond acceptors (Lipinski definition) is 4. The molecule has 26 heavy (non-hydrogen) atoms. The van der Waals surface area contributed by atoms with Gasteiger partial charge in [-0.05, 0) is 29.8 Å². The molecule has 6 nitrogen and oxygen atoms in total. The molecule has 9 heteroatoms. The van der Waals surface area contributed by atoms with Gasteiger partial charge in [0.15, 0.2) is 17.0 Å². The van der Waals surface area contributed by atoms with Gasteiger partial charge in [-0.1, -0.05) is 28.9 Å². The largest absolute Gasteiger partial charge is 0.293 e. The van der Waals surface area contributed by atoms with Crippen LogP contribution in [0, 0.1) is 11.6 Å². The van der Waals surface area contributed by atoms with E-state index in [9.17, 15) is 13.6 Å². The van der Waals surface area contributed by atoms with Crippen molar-refractivity contribution in [2.45, 2.75) is 6.54 Å². The molecular weight excluding hydrogens is 364 g/mol. The van der Waals surface area contributed by atoms with Crippen molar-refractivity contribution < 1.29 is 8.78 Å². The van der Waals surface area contributed by atoms with Gasteiger partial charge in [0.05, 0.1) is 6.54 Å². The van der Waals surface area contributed by atoms with Gasteiger partial charge < -0.3 is 0 Å². The SMILES string of the molecule is O=c1c2nnn(-c3ccc(F)cc3F)c2ncn1Cc1ccc(Cl)cc1. The molecule has 2 heterocycles. The minimum atomic E-state index is -0.830. The van der Waals surface area contributed by atoms with E-state index in [0.717, 1.165) is 22.4 Å². The van der Waals surface area contributed by atoms with Crippen LogP contribution < -0.4 is 5.56 Å². The third-order valence-electron chi connectivity index (χ3n) is 3.83. The third kappa shape index (κ3) is 2.84. The fourth-order valence-electron chi connectivity index (χ4n) is 2.56. The minimum absolute atomic E-state index is 0.00908. The molecule has 0 aliphatic heterocycles. The van der Waals surface area contributed by atoms with E-state index in [1.54, 1.807) is 24.3 Å². The van der Waals surface area contributed by atoms with Crippen molar-refractivity contribution in [1.29, 1.82) is 0 Å². The molecule has 0 spiro atoms. The van der Waals surface area contributed by atoms with Crippen molar-refractivity contribution in [2.75, 3.05) is 0 Å². The predicted octanol–water partition coefficient (Wildman–Crippen LogP) is 2.96. The zero-order chi connectivity index (χ0) is 18.3. The smallest absolute Gasteiger partial charge is 0.283 e. The lowest BCUT2D eigenvalue weighted by Crippen LogP contribution is -2.21. The van der Waals surface area contributed by atoms with E-state index in [1.807, 2.05) is 0 Å². The summed E-state index contributed by atoms with van der Waals surface area (Å²) in [4.78, 5) is 16.8. The molecule has 0 saturated carbocycles. The Hall–Kier alpha value is -3.13. The zero-order valence-electron chi connectivity index (χ0n) is 13.1. The lowest BCUT2D eigenvalue weighted by molar-refractivity contribution is 0.573. The minimum Gasteiger partial charge on any atom is -0.293 e. The van der Waals surface area contributed by atoms with Gasteiger partial charge in [-0.2, -0.15) is 4.68 Å². The van der Waals surface area contributed by atoms with Crippen LogP contribution in [0.15, 0.2) is 53.6 Å². The summed E-state index contributed by atoms with van der Waals surface area (Å²) >= 11 is 5.85. The van der Waals surface area contributed by atoms with Gasteiger partial charge in [0.2, 0.25) is 0 Å². The molecule has 4 rings (SSSR count). The number of benzene rings is 2. The first kappa shape index (κ1) is 16.3. The van der Waals surface area contributed by atoms with Gasteiger partial charge in [0.25, 0.3) is 5.56 Å². The monoisotopic (exact) mass is 373 g/mol. The summed E-state index contributed by atoms with van der Waals surface area (Å²) in [7, 11) is 0. The molecule has 0 unspecified atom stereocenters. The summed E-state index contributed by atoms with van der Waals surface area (Å²) in [6, 6.07) is 10.1. The second-order valence-electron chi connectivity index (χ2n) is 5.57. The first-order chi connectivity index (χ1) is 12.5. The molecule has 4 aromatic rings. The molecular formula is C17H10ClF2N5O. The first-order valence-electron chi connectivity index (χ1n) is 7.53. The molecule has 0 saturated heterocycles. The third-order valence-corrected chi connectivity index (χ3v) is 4.09. The summed E-state index contributed by atoms with van der Waals surface area (Å²) in [6.07, 6.45) is 1.33. The van der Waals surface area contributed by atoms with Gasteiger partial charge in [-0.3, -0.25) is 9.36 Å². The summed E-state index contributed by atoms with van der Waals surface area (Å²) < 4.78 is 29.5. The summed E-state index contributed by atoms with van der Waals surface area (Å²) in [5, 5.41) is 8.19. The number of rotatable bonds is 3. The van der Waals surface area contributed by atoms with E-state index < -0.39 is 17.2 Å². The molecule has 2 aromatic heterocycles. The maximum atomic E-state index is 14.0. The highest BCUT2D eigenvalue weighted by Crippen LogP contribution is 2.17. The first-order valence-corrected chi connectivity index (χ1v) is 7.91. The summed E-state index contributed by atoms with van der Waals surface area (Å²) in [6.45, 7) is 0.275. The van der Waals surface area contributed by atoms with Crippen molar-refractivity contribution in [2.24, 2.45) is 0 Å². The maximum Gasteiger partial charge on any atom is 0.283 e. The van der Waals surface area contributed by atoms with Crippen molar-refractivity contribution in [3.05, 3.63) is 81.4 Å². The molecule has 0 N–H and O–H groups in total. The topological polar surface area (TPSA) is 65.6 Å². The highest BCUT2D eigenvalue weighted by Gasteiger charge is 2.16. The molecule has 2 aromatic carbocycles. The number of nitrogens with zero attached hydrogens (tertiary/aromatic N) is 5. The van der Waals surface area contributed by atoms with E-state index in [0.29, 0.717) is 5.02 Å². The number of halogens is 3. The molecule has 0 radical (unpaired) electrons. The molecule has 0 amide bonds. The number of fused-ring (bicyclic) bond motifs is 1. The Balaban J connectivity index is 1.78. The van der Waals surface area contributed by atoms with Crippen LogP contribution in [0.1, 0.15) is 5.56 Å². The standard InChI is InChI=1S/C17H10ClF2N5O/c18-11-3-1-10(2-4-11)8-24-9-21-16-15(17(24)26)22-23-25(16)14-6-5-12(19)7-13(14)20/h1-7,9H,8H2. The molecule has 0 fully saturated rings. The van der Waals surface area contributed by atoms with Crippen molar-refractivity contribution in [3.63, 3.8) is 0 Å². The Morgan fingerprint density at radius 3 is 2.58 bits per heavy atom. The van der Waals surface area contributed by atoms with E-state index in [4.69, 9.17) is 11.6 Å². The highest BCUT2D eigenvalue weighted by molar-refractivity contribution is 6.30. The molecule has 0 atom stereocenters. The Morgan fingerprint density at radius 2 is 1.85 bits per heavy atom. The maximum absolute atomic E-state index is 14.0. The average molecular weight is 374 g/mol. The van der Waals surface area contributed by atoms with E-state index in [1.165, 1.54) is 17.0 Å². The second-order valence-corrected chi connectivity index (χ2v) is 6.01. The Labute approximate surface area is 150 Å². The molecule has 0 aliphatic carbocycles. The van der Waals surface area contributed by atoms with Crippen LogP contribution in [0.4, 0.5) is 8.78 Å². The van der Waals surface area contributed by atoms with Gasteiger partial charge >= 0.3 is 0 Å². The molecule has 0 aliphatic rings. The van der Waals surface area contributed by atoms with Crippen LogP contribution in [-0.4, -0.2) is 24.5 Å². The van der Waals surface area contributed by atoms with Crippen LogP contribution in [0.25, 0.3) is 16.9 Å².